The Kier molecular flexibility index (Phi) is 6.48. The Labute approximate surface area is 113 Å². The third kappa shape index (κ3) is 5.45. The van der Waals surface area contributed by atoms with Gasteiger partial charge in [0, 0.05) is 12.5 Å². The second-order valence-electron chi connectivity index (χ2n) is 3.92. The van der Waals surface area contributed by atoms with E-state index in [4.69, 9.17) is 4.42 Å². The summed E-state index contributed by atoms with van der Waals surface area (Å²) in [5, 5.41) is 9.77. The van der Waals surface area contributed by atoms with Gasteiger partial charge in [0.25, 0.3) is 0 Å². The van der Waals surface area contributed by atoms with Crippen LogP contribution in [0.2, 0.25) is 0 Å². The molecule has 0 saturated heterocycles. The fourth-order valence-electron chi connectivity index (χ4n) is 1.33. The number of aliphatic hydroxyl groups is 1. The van der Waals surface area contributed by atoms with Crippen LogP contribution < -0.4 is 0 Å². The Morgan fingerprint density at radius 3 is 3.05 bits per heavy atom. The fraction of sp³-hybridized carbons (Fsp3) is 0.400. The first-order valence-electron chi connectivity index (χ1n) is 6.19. The van der Waals surface area contributed by atoms with Gasteiger partial charge in [-0.2, -0.15) is 0 Å². The van der Waals surface area contributed by atoms with Gasteiger partial charge >= 0.3 is 5.97 Å². The third-order valence-electron chi connectivity index (χ3n) is 2.40. The zero-order chi connectivity index (χ0) is 14.1. The van der Waals surface area contributed by atoms with Gasteiger partial charge in [0.2, 0.25) is 0 Å². The number of methoxy groups -OCH3 is 1. The van der Waals surface area contributed by atoms with Crippen LogP contribution in [0.5, 0.6) is 0 Å². The first kappa shape index (κ1) is 15.1. The summed E-state index contributed by atoms with van der Waals surface area (Å²) >= 11 is 0. The summed E-state index contributed by atoms with van der Waals surface area (Å²) in [4.78, 5) is 10.9. The number of carbonyl (C=O) groups excluding carboxylic acids is 1. The minimum absolute atomic E-state index is 0.369. The van der Waals surface area contributed by atoms with Gasteiger partial charge in [-0.15, -0.1) is 5.92 Å². The van der Waals surface area contributed by atoms with Crippen molar-refractivity contribution in [1.29, 1.82) is 0 Å². The summed E-state index contributed by atoms with van der Waals surface area (Å²) < 4.78 is 9.81. The maximum atomic E-state index is 10.9. The molecule has 0 spiro atoms. The highest BCUT2D eigenvalue weighted by atomic mass is 16.5. The third-order valence-corrected chi connectivity index (χ3v) is 2.40. The lowest BCUT2D eigenvalue weighted by Gasteiger charge is -1.97. The maximum Gasteiger partial charge on any atom is 0.330 e. The number of rotatable bonds is 5. The van der Waals surface area contributed by atoms with Crippen molar-refractivity contribution in [2.45, 2.75) is 32.3 Å². The lowest BCUT2D eigenvalue weighted by molar-refractivity contribution is -0.134. The van der Waals surface area contributed by atoms with Crippen LogP contribution in [0.15, 0.2) is 22.6 Å². The van der Waals surface area contributed by atoms with Crippen molar-refractivity contribution in [2.75, 3.05) is 7.11 Å². The average molecular weight is 262 g/mol. The maximum absolute atomic E-state index is 10.9. The number of esters is 1. The quantitative estimate of drug-likeness (QED) is 0.383. The Balaban J connectivity index is 2.60. The Morgan fingerprint density at radius 1 is 1.58 bits per heavy atom. The molecule has 1 N–H and O–H groups in total. The average Bonchev–Trinajstić information content (AvgIpc) is 2.89. The van der Waals surface area contributed by atoms with E-state index in [0.29, 0.717) is 11.5 Å². The Morgan fingerprint density at radius 2 is 2.37 bits per heavy atom. The highest BCUT2D eigenvalue weighted by molar-refractivity contribution is 5.86. The van der Waals surface area contributed by atoms with Gasteiger partial charge in [-0.05, 0) is 24.6 Å². The van der Waals surface area contributed by atoms with Gasteiger partial charge in [0.15, 0.2) is 6.10 Å². The number of carbonyl (C=O) groups is 1. The molecule has 0 aliphatic carbocycles. The van der Waals surface area contributed by atoms with Crippen LogP contribution in [0.1, 0.15) is 43.8 Å². The van der Waals surface area contributed by atoms with E-state index < -0.39 is 12.1 Å². The molecule has 0 amide bonds. The molecule has 19 heavy (non-hydrogen) atoms. The van der Waals surface area contributed by atoms with Crippen molar-refractivity contribution in [3.63, 3.8) is 0 Å². The molecular formula is C15H18O4. The van der Waals surface area contributed by atoms with Gasteiger partial charge < -0.3 is 14.3 Å². The van der Waals surface area contributed by atoms with Crippen molar-refractivity contribution < 1.29 is 19.1 Å². The van der Waals surface area contributed by atoms with Crippen LogP contribution in [0.3, 0.4) is 0 Å². The molecule has 1 rings (SSSR count). The molecule has 4 nitrogen and oxygen atoms in total. The topological polar surface area (TPSA) is 59.7 Å². The fourth-order valence-corrected chi connectivity index (χ4v) is 1.33. The summed E-state index contributed by atoms with van der Waals surface area (Å²) in [5.74, 6) is 6.00. The highest BCUT2D eigenvalue weighted by Gasteiger charge is 2.08. The molecule has 1 unspecified atom stereocenters. The highest BCUT2D eigenvalue weighted by Crippen LogP contribution is 2.17. The minimum Gasteiger partial charge on any atom is -0.466 e. The molecule has 102 valence electrons. The lowest BCUT2D eigenvalue weighted by atomic mass is 10.2. The van der Waals surface area contributed by atoms with Crippen LogP contribution in [-0.2, 0) is 9.53 Å². The molecule has 4 heteroatoms. The van der Waals surface area contributed by atoms with Gasteiger partial charge in [0.05, 0.1) is 7.11 Å². The molecule has 1 aromatic heterocycles. The van der Waals surface area contributed by atoms with E-state index in [1.165, 1.54) is 19.3 Å². The molecule has 0 fully saturated rings. The van der Waals surface area contributed by atoms with Crippen molar-refractivity contribution in [3.8, 4) is 11.8 Å². The molecule has 0 aliphatic heterocycles. The van der Waals surface area contributed by atoms with Gasteiger partial charge in [-0.3, -0.25) is 0 Å². The number of hydrogen-bond acceptors (Lipinski definition) is 4. The molecule has 1 heterocycles. The monoisotopic (exact) mass is 262 g/mol. The molecule has 0 radical (unpaired) electrons. The van der Waals surface area contributed by atoms with Crippen LogP contribution in [0.4, 0.5) is 0 Å². The second kappa shape index (κ2) is 8.17. The first-order chi connectivity index (χ1) is 9.17. The van der Waals surface area contributed by atoms with Crippen LogP contribution in [0.25, 0.3) is 6.08 Å². The Bertz CT molecular complexity index is 488. The summed E-state index contributed by atoms with van der Waals surface area (Å²) in [6.45, 7) is 2.09. The van der Waals surface area contributed by atoms with Crippen LogP contribution in [-0.4, -0.2) is 18.2 Å². The van der Waals surface area contributed by atoms with Gasteiger partial charge in [-0.1, -0.05) is 19.3 Å². The standard InChI is InChI=1S/C15H18O4/c1-3-4-5-6-7-13(16)14-10-8-12(19-14)9-11-15(17)18-2/h8-11,13,16H,3-5H2,1-2H3/b11-9-. The van der Waals surface area contributed by atoms with E-state index in [1.807, 2.05) is 0 Å². The second-order valence-corrected chi connectivity index (χ2v) is 3.92. The normalized spacial score (nSPS) is 11.9. The summed E-state index contributed by atoms with van der Waals surface area (Å²) in [6, 6.07) is 3.29. The van der Waals surface area contributed by atoms with E-state index in [1.54, 1.807) is 12.1 Å². The van der Waals surface area contributed by atoms with Crippen LogP contribution >= 0.6 is 0 Å². The molecular weight excluding hydrogens is 244 g/mol. The number of furan rings is 1. The predicted octanol–water partition coefficient (Wildman–Crippen LogP) is 2.69. The van der Waals surface area contributed by atoms with E-state index >= 15 is 0 Å². The molecule has 0 bridgehead atoms. The molecule has 0 aliphatic rings. The number of aliphatic hydroxyl groups excluding tert-OH is 1. The predicted molar refractivity (Wildman–Crippen MR) is 72.0 cm³/mol. The largest absolute Gasteiger partial charge is 0.466 e. The van der Waals surface area contributed by atoms with Crippen LogP contribution in [0, 0.1) is 11.8 Å². The van der Waals surface area contributed by atoms with Gasteiger partial charge in [0.1, 0.15) is 11.5 Å². The van der Waals surface area contributed by atoms with E-state index in [9.17, 15) is 9.90 Å². The zero-order valence-electron chi connectivity index (χ0n) is 11.2. The molecule has 1 aromatic rings. The molecule has 0 aromatic carbocycles. The van der Waals surface area contributed by atoms with E-state index in [2.05, 4.69) is 23.5 Å². The smallest absolute Gasteiger partial charge is 0.330 e. The number of unbranched alkanes of at least 4 members (excludes halogenated alkanes) is 2. The minimum atomic E-state index is -0.933. The zero-order valence-corrected chi connectivity index (χ0v) is 11.2. The summed E-state index contributed by atoms with van der Waals surface area (Å²) in [6.07, 6.45) is 4.66. The van der Waals surface area contributed by atoms with Crippen molar-refractivity contribution in [1.82, 2.24) is 0 Å². The molecule has 0 saturated carbocycles. The van der Waals surface area contributed by atoms with Gasteiger partial charge in [-0.25, -0.2) is 4.79 Å². The number of hydrogen-bond donors (Lipinski definition) is 1. The van der Waals surface area contributed by atoms with E-state index in [0.717, 1.165) is 19.3 Å². The lowest BCUT2D eigenvalue weighted by Crippen LogP contribution is -1.93. The Hall–Kier alpha value is -1.99. The van der Waals surface area contributed by atoms with Crippen molar-refractivity contribution >= 4 is 12.0 Å². The number of ether oxygens (including phenoxy) is 1. The van der Waals surface area contributed by atoms with Crippen molar-refractivity contribution in [3.05, 3.63) is 29.7 Å². The summed E-state index contributed by atoms with van der Waals surface area (Å²) in [7, 11) is 1.30. The first-order valence-corrected chi connectivity index (χ1v) is 6.19. The van der Waals surface area contributed by atoms with Crippen molar-refractivity contribution in [2.24, 2.45) is 0 Å². The SMILES string of the molecule is CCCCC#CC(O)c1ccc(/C=C\C(=O)OC)o1. The summed E-state index contributed by atoms with van der Waals surface area (Å²) in [5.41, 5.74) is 0. The molecule has 1 atom stereocenters. The van der Waals surface area contributed by atoms with E-state index in [-0.39, 0.29) is 0 Å².